The van der Waals surface area contributed by atoms with Gasteiger partial charge in [0.2, 0.25) is 5.91 Å². The van der Waals surface area contributed by atoms with Crippen LogP contribution in [0.4, 0.5) is 0 Å². The van der Waals surface area contributed by atoms with E-state index in [1.54, 1.807) is 7.11 Å². The van der Waals surface area contributed by atoms with Gasteiger partial charge in [0.25, 0.3) is 0 Å². The molecule has 1 heterocycles. The molecule has 1 atom stereocenters. The third-order valence-electron chi connectivity index (χ3n) is 4.82. The van der Waals surface area contributed by atoms with Crippen LogP contribution in [-0.2, 0) is 20.8 Å². The first kappa shape index (κ1) is 17.2. The number of carbonyl (C=O) groups is 1. The van der Waals surface area contributed by atoms with E-state index in [1.807, 2.05) is 29.2 Å². The Morgan fingerprint density at radius 2 is 1.96 bits per heavy atom. The van der Waals surface area contributed by atoms with Crippen LogP contribution in [0.3, 0.4) is 0 Å². The molecule has 1 aliphatic heterocycles. The smallest absolute Gasteiger partial charge is 0.249 e. The number of nitrogens with zero attached hydrogens (tertiary/aromatic N) is 1. The number of benzene rings is 1. The van der Waals surface area contributed by atoms with Crippen molar-refractivity contribution in [3.05, 3.63) is 29.8 Å². The second kappa shape index (κ2) is 8.49. The van der Waals surface area contributed by atoms with E-state index in [9.17, 15) is 4.79 Å². The Morgan fingerprint density at radius 3 is 2.58 bits per heavy atom. The molecule has 0 N–H and O–H groups in total. The van der Waals surface area contributed by atoms with Gasteiger partial charge in [-0.25, -0.2) is 0 Å². The Kier molecular flexibility index (Phi) is 6.10. The largest absolute Gasteiger partial charge is 0.488 e. The lowest BCUT2D eigenvalue weighted by atomic mass is 10.1. The Balaban J connectivity index is 1.61. The van der Waals surface area contributed by atoms with E-state index in [0.29, 0.717) is 19.2 Å². The SMILES string of the molecule is COCC(=O)N(Cc1ccc(OC2CCOC2)cc1)C1CCCC1. The minimum Gasteiger partial charge on any atom is -0.488 e. The van der Waals surface area contributed by atoms with E-state index < -0.39 is 0 Å². The van der Waals surface area contributed by atoms with Crippen LogP contribution in [0.1, 0.15) is 37.7 Å². The second-order valence-corrected chi connectivity index (χ2v) is 6.64. The molecule has 1 aliphatic carbocycles. The summed E-state index contributed by atoms with van der Waals surface area (Å²) in [5.41, 5.74) is 1.13. The van der Waals surface area contributed by atoms with Crippen LogP contribution in [0.5, 0.6) is 5.75 Å². The Hall–Kier alpha value is -1.59. The van der Waals surface area contributed by atoms with Crippen LogP contribution in [0.25, 0.3) is 0 Å². The lowest BCUT2D eigenvalue weighted by molar-refractivity contribution is -0.138. The maximum atomic E-state index is 12.4. The molecule has 0 spiro atoms. The molecule has 24 heavy (non-hydrogen) atoms. The van der Waals surface area contributed by atoms with Crippen molar-refractivity contribution >= 4 is 5.91 Å². The maximum absolute atomic E-state index is 12.4. The molecule has 1 saturated carbocycles. The molecule has 1 aromatic carbocycles. The van der Waals surface area contributed by atoms with E-state index in [-0.39, 0.29) is 18.6 Å². The van der Waals surface area contributed by atoms with Gasteiger partial charge in [-0.3, -0.25) is 4.79 Å². The van der Waals surface area contributed by atoms with Gasteiger partial charge in [-0.2, -0.15) is 0 Å². The molecule has 5 heteroatoms. The normalized spacial score (nSPS) is 21.1. The molecule has 5 nitrogen and oxygen atoms in total. The summed E-state index contributed by atoms with van der Waals surface area (Å²) in [5.74, 6) is 0.942. The van der Waals surface area contributed by atoms with Gasteiger partial charge >= 0.3 is 0 Å². The van der Waals surface area contributed by atoms with Gasteiger partial charge < -0.3 is 19.1 Å². The van der Waals surface area contributed by atoms with Gasteiger partial charge in [-0.05, 0) is 30.5 Å². The van der Waals surface area contributed by atoms with E-state index in [4.69, 9.17) is 14.2 Å². The molecule has 132 valence electrons. The average Bonchev–Trinajstić information content (AvgIpc) is 3.28. The summed E-state index contributed by atoms with van der Waals surface area (Å²) in [6.45, 7) is 2.24. The molecule has 1 aromatic rings. The fraction of sp³-hybridized carbons (Fsp3) is 0.632. The van der Waals surface area contributed by atoms with Gasteiger partial charge in [0.15, 0.2) is 0 Å². The zero-order chi connectivity index (χ0) is 16.8. The Bertz CT molecular complexity index is 519. The Labute approximate surface area is 143 Å². The molecule has 2 aliphatic rings. The van der Waals surface area contributed by atoms with Crippen molar-refractivity contribution in [2.45, 2.75) is 50.8 Å². The Morgan fingerprint density at radius 1 is 1.21 bits per heavy atom. The summed E-state index contributed by atoms with van der Waals surface area (Å²) in [7, 11) is 1.57. The monoisotopic (exact) mass is 333 g/mol. The standard InChI is InChI=1S/C19H27NO4/c1-22-14-19(21)20(16-4-2-3-5-16)12-15-6-8-17(9-7-15)24-18-10-11-23-13-18/h6-9,16,18H,2-5,10-14H2,1H3. The number of ether oxygens (including phenoxy) is 3. The second-order valence-electron chi connectivity index (χ2n) is 6.64. The molecular formula is C19H27NO4. The van der Waals surface area contributed by atoms with Crippen LogP contribution in [-0.4, -0.2) is 49.9 Å². The fourth-order valence-corrected chi connectivity index (χ4v) is 3.51. The fourth-order valence-electron chi connectivity index (χ4n) is 3.51. The van der Waals surface area contributed by atoms with Crippen molar-refractivity contribution in [1.29, 1.82) is 0 Å². The zero-order valence-electron chi connectivity index (χ0n) is 14.4. The molecule has 0 radical (unpaired) electrons. The van der Waals surface area contributed by atoms with Crippen molar-refractivity contribution in [2.24, 2.45) is 0 Å². The highest BCUT2D eigenvalue weighted by molar-refractivity contribution is 5.77. The number of carbonyl (C=O) groups excluding carboxylic acids is 1. The van der Waals surface area contributed by atoms with Gasteiger partial charge in [-0.1, -0.05) is 25.0 Å². The minimum atomic E-state index is 0.0767. The first-order valence-electron chi connectivity index (χ1n) is 8.88. The molecule has 1 saturated heterocycles. The van der Waals surface area contributed by atoms with Gasteiger partial charge in [0, 0.05) is 26.1 Å². The molecule has 1 amide bonds. The lowest BCUT2D eigenvalue weighted by Crippen LogP contribution is -2.40. The number of hydrogen-bond acceptors (Lipinski definition) is 4. The molecule has 2 fully saturated rings. The number of rotatable bonds is 7. The van der Waals surface area contributed by atoms with Crippen molar-refractivity contribution in [1.82, 2.24) is 4.90 Å². The van der Waals surface area contributed by atoms with Crippen molar-refractivity contribution in [2.75, 3.05) is 26.9 Å². The number of amides is 1. The van der Waals surface area contributed by atoms with Crippen LogP contribution < -0.4 is 4.74 Å². The topological polar surface area (TPSA) is 48.0 Å². The summed E-state index contributed by atoms with van der Waals surface area (Å²) in [5, 5.41) is 0. The predicted octanol–water partition coefficient (Wildman–Crippen LogP) is 2.77. The summed E-state index contributed by atoms with van der Waals surface area (Å²) < 4.78 is 16.3. The van der Waals surface area contributed by atoms with E-state index in [2.05, 4.69) is 0 Å². The van der Waals surface area contributed by atoms with Crippen LogP contribution in [0.15, 0.2) is 24.3 Å². The average molecular weight is 333 g/mol. The van der Waals surface area contributed by atoms with E-state index in [1.165, 1.54) is 12.8 Å². The van der Waals surface area contributed by atoms with Gasteiger partial charge in [0.05, 0.1) is 13.2 Å². The van der Waals surface area contributed by atoms with Gasteiger partial charge in [-0.15, -0.1) is 0 Å². The number of hydrogen-bond donors (Lipinski definition) is 0. The molecule has 0 aromatic heterocycles. The van der Waals surface area contributed by atoms with Crippen LogP contribution in [0, 0.1) is 0 Å². The molecule has 1 unspecified atom stereocenters. The lowest BCUT2D eigenvalue weighted by Gasteiger charge is -2.29. The third-order valence-corrected chi connectivity index (χ3v) is 4.82. The first-order valence-corrected chi connectivity index (χ1v) is 8.88. The highest BCUT2D eigenvalue weighted by Crippen LogP contribution is 2.26. The summed E-state index contributed by atoms with van der Waals surface area (Å²) in [6, 6.07) is 8.42. The van der Waals surface area contributed by atoms with E-state index in [0.717, 1.165) is 37.2 Å². The third kappa shape index (κ3) is 4.48. The predicted molar refractivity (Wildman–Crippen MR) is 91.0 cm³/mol. The maximum Gasteiger partial charge on any atom is 0.249 e. The highest BCUT2D eigenvalue weighted by Gasteiger charge is 2.26. The molecule has 3 rings (SSSR count). The zero-order valence-corrected chi connectivity index (χ0v) is 14.4. The van der Waals surface area contributed by atoms with Crippen LogP contribution in [0.2, 0.25) is 0 Å². The number of methoxy groups -OCH3 is 1. The molecule has 0 bridgehead atoms. The quantitative estimate of drug-likeness (QED) is 0.770. The van der Waals surface area contributed by atoms with Crippen molar-refractivity contribution in [3.8, 4) is 5.75 Å². The molecular weight excluding hydrogens is 306 g/mol. The summed E-state index contributed by atoms with van der Waals surface area (Å²) in [4.78, 5) is 14.4. The first-order chi connectivity index (χ1) is 11.8. The van der Waals surface area contributed by atoms with Crippen molar-refractivity contribution < 1.29 is 19.0 Å². The van der Waals surface area contributed by atoms with Crippen molar-refractivity contribution in [3.63, 3.8) is 0 Å². The minimum absolute atomic E-state index is 0.0767. The van der Waals surface area contributed by atoms with Gasteiger partial charge in [0.1, 0.15) is 18.5 Å². The van der Waals surface area contributed by atoms with E-state index >= 15 is 0 Å². The van der Waals surface area contributed by atoms with Crippen LogP contribution >= 0.6 is 0 Å². The highest BCUT2D eigenvalue weighted by atomic mass is 16.5. The summed E-state index contributed by atoms with van der Waals surface area (Å²) in [6.07, 6.45) is 5.71. The summed E-state index contributed by atoms with van der Waals surface area (Å²) >= 11 is 0.